The van der Waals surface area contributed by atoms with Crippen LogP contribution in [-0.2, 0) is 16.1 Å². The fourth-order valence-corrected chi connectivity index (χ4v) is 2.21. The second kappa shape index (κ2) is 5.51. The first-order valence-electron chi connectivity index (χ1n) is 6.96. The fraction of sp³-hybridized carbons (Fsp3) is 0.429. The van der Waals surface area contributed by atoms with E-state index in [1.165, 1.54) is 4.68 Å². The van der Waals surface area contributed by atoms with Crippen LogP contribution in [0.5, 0.6) is 0 Å². The zero-order valence-electron chi connectivity index (χ0n) is 11.7. The summed E-state index contributed by atoms with van der Waals surface area (Å²) in [6, 6.07) is 3.81. The van der Waals surface area contributed by atoms with E-state index in [0.717, 1.165) is 18.4 Å². The lowest BCUT2D eigenvalue weighted by Gasteiger charge is -2.02. The quantitative estimate of drug-likeness (QED) is 0.767. The van der Waals surface area contributed by atoms with Crippen LogP contribution in [0.3, 0.4) is 0 Å². The molecule has 7 nitrogen and oxygen atoms in total. The monoisotopic (exact) mass is 288 g/mol. The second-order valence-corrected chi connectivity index (χ2v) is 4.91. The summed E-state index contributed by atoms with van der Waals surface area (Å²) in [6.45, 7) is 1.84. The average molecular weight is 288 g/mol. The molecule has 0 aromatic carbocycles. The Balaban J connectivity index is 2.00. The number of nitrogens with zero attached hydrogens (tertiary/aromatic N) is 4. The highest BCUT2D eigenvalue weighted by Gasteiger charge is 2.30. The van der Waals surface area contributed by atoms with Gasteiger partial charge in [0.05, 0.1) is 6.61 Å². The van der Waals surface area contributed by atoms with Crippen molar-refractivity contribution >= 4 is 5.97 Å². The van der Waals surface area contributed by atoms with Crippen LogP contribution in [0.2, 0.25) is 0 Å². The van der Waals surface area contributed by atoms with Crippen LogP contribution in [0, 0.1) is 0 Å². The van der Waals surface area contributed by atoms with Crippen molar-refractivity contribution in [1.82, 2.24) is 19.3 Å². The molecule has 0 unspecified atom stereocenters. The number of esters is 1. The van der Waals surface area contributed by atoms with Crippen molar-refractivity contribution < 1.29 is 9.53 Å². The molecule has 2 aromatic rings. The van der Waals surface area contributed by atoms with Crippen LogP contribution in [-0.4, -0.2) is 31.9 Å². The van der Waals surface area contributed by atoms with E-state index in [2.05, 4.69) is 10.1 Å². The number of carbonyl (C=O) groups is 1. The Hall–Kier alpha value is -2.44. The van der Waals surface area contributed by atoms with Crippen molar-refractivity contribution in [2.45, 2.75) is 32.4 Å². The lowest BCUT2D eigenvalue weighted by Crippen LogP contribution is -2.28. The minimum Gasteiger partial charge on any atom is -0.465 e. The molecule has 0 atom stereocenters. The molecule has 3 rings (SSSR count). The predicted octanol–water partition coefficient (Wildman–Crippen LogP) is 1.00. The van der Waals surface area contributed by atoms with Crippen LogP contribution in [0.25, 0.3) is 11.4 Å². The topological polar surface area (TPSA) is 79.0 Å². The van der Waals surface area contributed by atoms with E-state index >= 15 is 0 Å². The van der Waals surface area contributed by atoms with Crippen molar-refractivity contribution in [3.8, 4) is 11.4 Å². The van der Waals surface area contributed by atoms with E-state index < -0.39 is 5.97 Å². The summed E-state index contributed by atoms with van der Waals surface area (Å²) in [5.41, 5.74) is 0.494. The minimum absolute atomic E-state index is 0.167. The summed E-state index contributed by atoms with van der Waals surface area (Å²) < 4.78 is 7.69. The van der Waals surface area contributed by atoms with E-state index in [-0.39, 0.29) is 24.9 Å². The van der Waals surface area contributed by atoms with Crippen molar-refractivity contribution in [2.75, 3.05) is 6.61 Å². The Labute approximate surface area is 121 Å². The van der Waals surface area contributed by atoms with Crippen LogP contribution >= 0.6 is 0 Å². The SMILES string of the molecule is CCOC(=O)Cn1nc(-c2cccnc2)n(C2CC2)c1=O. The zero-order valence-corrected chi connectivity index (χ0v) is 11.7. The Bertz CT molecular complexity index is 701. The van der Waals surface area contributed by atoms with Gasteiger partial charge in [-0.15, -0.1) is 5.10 Å². The molecule has 21 heavy (non-hydrogen) atoms. The second-order valence-electron chi connectivity index (χ2n) is 4.91. The predicted molar refractivity (Wildman–Crippen MR) is 74.6 cm³/mol. The van der Waals surface area contributed by atoms with Crippen molar-refractivity contribution in [3.63, 3.8) is 0 Å². The molecule has 1 saturated carbocycles. The van der Waals surface area contributed by atoms with E-state index in [0.29, 0.717) is 5.82 Å². The molecular formula is C14H16N4O3. The molecule has 7 heteroatoms. The standard InChI is InChI=1S/C14H16N4O3/c1-2-21-12(19)9-17-14(20)18(11-5-6-11)13(16-17)10-4-3-7-15-8-10/h3-4,7-8,11H,2,5-6,9H2,1H3. The van der Waals surface area contributed by atoms with Gasteiger partial charge in [-0.1, -0.05) is 0 Å². The number of carbonyl (C=O) groups excluding carboxylic acids is 1. The molecule has 0 bridgehead atoms. The zero-order chi connectivity index (χ0) is 14.8. The summed E-state index contributed by atoms with van der Waals surface area (Å²) in [4.78, 5) is 28.0. The Morgan fingerprint density at radius 3 is 2.90 bits per heavy atom. The first kappa shape index (κ1) is 13.5. The van der Waals surface area contributed by atoms with Crippen LogP contribution in [0.1, 0.15) is 25.8 Å². The van der Waals surface area contributed by atoms with Crippen molar-refractivity contribution in [3.05, 3.63) is 35.0 Å². The van der Waals surface area contributed by atoms with Gasteiger partial charge < -0.3 is 4.74 Å². The molecular weight excluding hydrogens is 272 g/mol. The maximum Gasteiger partial charge on any atom is 0.347 e. The summed E-state index contributed by atoms with van der Waals surface area (Å²) in [7, 11) is 0. The number of pyridine rings is 1. The average Bonchev–Trinajstić information content (AvgIpc) is 3.26. The van der Waals surface area contributed by atoms with Gasteiger partial charge in [0.15, 0.2) is 5.82 Å². The lowest BCUT2D eigenvalue weighted by molar-refractivity contribution is -0.144. The van der Waals surface area contributed by atoms with E-state index in [1.807, 2.05) is 6.07 Å². The number of rotatable bonds is 5. The maximum absolute atomic E-state index is 12.4. The first-order valence-corrected chi connectivity index (χ1v) is 6.96. The molecule has 1 aliphatic carbocycles. The first-order chi connectivity index (χ1) is 10.2. The highest BCUT2D eigenvalue weighted by atomic mass is 16.5. The molecule has 110 valence electrons. The normalized spacial score (nSPS) is 14.1. The third-order valence-corrected chi connectivity index (χ3v) is 3.29. The van der Waals surface area contributed by atoms with Crippen LogP contribution < -0.4 is 5.69 Å². The molecule has 0 amide bonds. The van der Waals surface area contributed by atoms with Crippen LogP contribution in [0.15, 0.2) is 29.3 Å². The smallest absolute Gasteiger partial charge is 0.347 e. The molecule has 0 saturated heterocycles. The number of hydrogen-bond acceptors (Lipinski definition) is 5. The third kappa shape index (κ3) is 2.72. The van der Waals surface area contributed by atoms with Gasteiger partial charge in [0.25, 0.3) is 0 Å². The Morgan fingerprint density at radius 2 is 2.29 bits per heavy atom. The Kier molecular flexibility index (Phi) is 3.55. The molecule has 1 aliphatic rings. The number of ether oxygens (including phenoxy) is 1. The van der Waals surface area contributed by atoms with E-state index in [9.17, 15) is 9.59 Å². The fourth-order valence-electron chi connectivity index (χ4n) is 2.21. The summed E-state index contributed by atoms with van der Waals surface area (Å²) in [6.07, 6.45) is 5.24. The van der Waals surface area contributed by atoms with E-state index in [4.69, 9.17) is 4.74 Å². The highest BCUT2D eigenvalue weighted by Crippen LogP contribution is 2.36. The van der Waals surface area contributed by atoms with Gasteiger partial charge in [-0.05, 0) is 31.9 Å². The highest BCUT2D eigenvalue weighted by molar-refractivity contribution is 5.69. The number of hydrogen-bond donors (Lipinski definition) is 0. The van der Waals surface area contributed by atoms with Gasteiger partial charge in [0.1, 0.15) is 6.54 Å². The van der Waals surface area contributed by atoms with E-state index in [1.54, 1.807) is 30.0 Å². The number of aromatic nitrogens is 4. The third-order valence-electron chi connectivity index (χ3n) is 3.29. The van der Waals surface area contributed by atoms with Gasteiger partial charge in [-0.25, -0.2) is 9.48 Å². The molecule has 2 aromatic heterocycles. The van der Waals surface area contributed by atoms with Gasteiger partial charge in [0, 0.05) is 24.0 Å². The van der Waals surface area contributed by atoms with Gasteiger partial charge in [-0.3, -0.25) is 14.3 Å². The van der Waals surface area contributed by atoms with Gasteiger partial charge in [0.2, 0.25) is 0 Å². The molecule has 0 aliphatic heterocycles. The van der Waals surface area contributed by atoms with Crippen molar-refractivity contribution in [1.29, 1.82) is 0 Å². The maximum atomic E-state index is 12.4. The summed E-state index contributed by atoms with van der Waals surface area (Å²) >= 11 is 0. The molecule has 0 N–H and O–H groups in total. The largest absolute Gasteiger partial charge is 0.465 e. The van der Waals surface area contributed by atoms with Gasteiger partial charge >= 0.3 is 11.7 Å². The molecule has 0 spiro atoms. The lowest BCUT2D eigenvalue weighted by atomic mass is 10.3. The summed E-state index contributed by atoms with van der Waals surface area (Å²) in [5, 5.41) is 4.29. The van der Waals surface area contributed by atoms with Gasteiger partial charge in [-0.2, -0.15) is 0 Å². The van der Waals surface area contributed by atoms with Crippen LogP contribution in [0.4, 0.5) is 0 Å². The summed E-state index contributed by atoms with van der Waals surface area (Å²) in [5.74, 6) is 0.0951. The Morgan fingerprint density at radius 1 is 1.48 bits per heavy atom. The van der Waals surface area contributed by atoms with Crippen molar-refractivity contribution in [2.24, 2.45) is 0 Å². The minimum atomic E-state index is -0.460. The molecule has 2 heterocycles. The molecule has 0 radical (unpaired) electrons. The molecule has 1 fully saturated rings.